The third-order valence-electron chi connectivity index (χ3n) is 9.05. The molecule has 0 N–H and O–H groups in total. The van der Waals surface area contributed by atoms with E-state index in [2.05, 4.69) is 48.5 Å². The van der Waals surface area contributed by atoms with Gasteiger partial charge in [-0.05, 0) is 41.5 Å². The minimum absolute atomic E-state index is 0.0746. The van der Waals surface area contributed by atoms with Crippen LogP contribution < -0.4 is 0 Å². The summed E-state index contributed by atoms with van der Waals surface area (Å²) in [5.74, 6) is 0.149. The number of carbonyl (C=O) groups excluding carboxylic acids is 2. The maximum Gasteiger partial charge on any atom is 0.244 e. The van der Waals surface area contributed by atoms with Gasteiger partial charge in [0.15, 0.2) is 5.66 Å². The molecule has 38 heavy (non-hydrogen) atoms. The highest BCUT2D eigenvalue weighted by Crippen LogP contribution is 2.71. The first-order valence-electron chi connectivity index (χ1n) is 13.6. The number of carbonyl (C=O) groups is 2. The Kier molecular flexibility index (Phi) is 5.09. The predicted molar refractivity (Wildman–Crippen MR) is 147 cm³/mol. The molecule has 3 fully saturated rings. The normalized spacial score (nSPS) is 20.7. The van der Waals surface area contributed by atoms with E-state index < -0.39 is 16.5 Å². The maximum absolute atomic E-state index is 14.8. The molecular weight excluding hydrogens is 468 g/mol. The fraction of sp³-hybridized carbons (Fsp3) is 0.235. The van der Waals surface area contributed by atoms with Crippen LogP contribution in [0.25, 0.3) is 0 Å². The van der Waals surface area contributed by atoms with Gasteiger partial charge in [-0.1, -0.05) is 121 Å². The molecule has 4 heteroatoms. The number of β-lactam (4-membered cyclic amide) rings is 2. The minimum Gasteiger partial charge on any atom is -0.315 e. The van der Waals surface area contributed by atoms with E-state index in [1.165, 1.54) is 0 Å². The molecule has 3 aliphatic heterocycles. The summed E-state index contributed by atoms with van der Waals surface area (Å²) in [4.78, 5) is 33.7. The van der Waals surface area contributed by atoms with Crippen LogP contribution in [0, 0.1) is 0 Å². The summed E-state index contributed by atoms with van der Waals surface area (Å²) in [6.07, 6.45) is 2.85. The number of benzene rings is 4. The van der Waals surface area contributed by atoms with Gasteiger partial charge >= 0.3 is 0 Å². The van der Waals surface area contributed by atoms with Crippen LogP contribution in [0.2, 0.25) is 0 Å². The van der Waals surface area contributed by atoms with Crippen LogP contribution in [0.1, 0.15) is 41.5 Å². The van der Waals surface area contributed by atoms with E-state index in [9.17, 15) is 9.59 Å². The lowest BCUT2D eigenvalue weighted by Crippen LogP contribution is -3.00. The van der Waals surface area contributed by atoms with Gasteiger partial charge in [-0.3, -0.25) is 9.59 Å². The third-order valence-corrected chi connectivity index (χ3v) is 9.05. The summed E-state index contributed by atoms with van der Waals surface area (Å²) >= 11 is 0. The second-order valence-electron chi connectivity index (χ2n) is 10.6. The van der Waals surface area contributed by atoms with E-state index in [-0.39, 0.29) is 11.8 Å². The molecular formula is C34H30N2O2. The second-order valence-corrected chi connectivity index (χ2v) is 10.6. The number of rotatable bonds is 4. The average molecular weight is 499 g/mol. The highest BCUT2D eigenvalue weighted by Gasteiger charge is 2.90. The van der Waals surface area contributed by atoms with Gasteiger partial charge < -0.3 is 9.80 Å². The molecule has 188 valence electrons. The zero-order valence-electron chi connectivity index (χ0n) is 21.3. The van der Waals surface area contributed by atoms with Gasteiger partial charge in [-0.2, -0.15) is 0 Å². The standard InChI is InChI=1S/C34H30N2O2/c37-30-32(26-16-6-1-7-17-26,27-18-8-2-9-19-27)34-33(28-20-10-3-11-21-28,29-22-12-4-13-23-29)31(38)36(34)25-15-5-14-24-35(30)34/h1-4,6-13,16-23H,5,14-15,24-25H2. The van der Waals surface area contributed by atoms with Crippen molar-refractivity contribution in [2.45, 2.75) is 35.8 Å². The smallest absolute Gasteiger partial charge is 0.244 e. The quantitative estimate of drug-likeness (QED) is 0.348. The largest absolute Gasteiger partial charge is 0.315 e. The monoisotopic (exact) mass is 498 g/mol. The summed E-state index contributed by atoms with van der Waals surface area (Å²) in [5, 5.41) is 0. The van der Waals surface area contributed by atoms with E-state index in [0.717, 1.165) is 41.5 Å². The number of nitrogens with zero attached hydrogens (tertiary/aromatic N) is 2. The van der Waals surface area contributed by atoms with Gasteiger partial charge in [0, 0.05) is 13.1 Å². The van der Waals surface area contributed by atoms with Crippen LogP contribution in [0.4, 0.5) is 0 Å². The third kappa shape index (κ3) is 2.51. The molecule has 0 bridgehead atoms. The van der Waals surface area contributed by atoms with E-state index >= 15 is 0 Å². The van der Waals surface area contributed by atoms with Crippen LogP contribution in [-0.2, 0) is 20.4 Å². The molecule has 0 saturated carbocycles. The Morgan fingerprint density at radius 3 is 1.00 bits per heavy atom. The zero-order chi connectivity index (χ0) is 25.8. The van der Waals surface area contributed by atoms with Crippen LogP contribution in [0.3, 0.4) is 0 Å². The summed E-state index contributed by atoms with van der Waals surface area (Å²) in [6.45, 7) is 1.26. The summed E-state index contributed by atoms with van der Waals surface area (Å²) in [5.41, 5.74) is 0.714. The fourth-order valence-corrected chi connectivity index (χ4v) is 7.76. The van der Waals surface area contributed by atoms with Gasteiger partial charge in [0.25, 0.3) is 0 Å². The van der Waals surface area contributed by atoms with Crippen LogP contribution in [0.5, 0.6) is 0 Å². The lowest BCUT2D eigenvalue weighted by Gasteiger charge is -2.80. The van der Waals surface area contributed by atoms with E-state index in [4.69, 9.17) is 0 Å². The van der Waals surface area contributed by atoms with Crippen molar-refractivity contribution >= 4 is 11.8 Å². The lowest BCUT2D eigenvalue weighted by atomic mass is 9.41. The van der Waals surface area contributed by atoms with Crippen LogP contribution in [0.15, 0.2) is 121 Å². The van der Waals surface area contributed by atoms with Gasteiger partial charge in [-0.25, -0.2) is 0 Å². The average Bonchev–Trinajstić information content (AvgIpc) is 2.97. The molecule has 4 nitrogen and oxygen atoms in total. The van der Waals surface area contributed by atoms with Crippen molar-refractivity contribution in [3.05, 3.63) is 144 Å². The van der Waals surface area contributed by atoms with Gasteiger partial charge in [0.2, 0.25) is 11.8 Å². The predicted octanol–water partition coefficient (Wildman–Crippen LogP) is 5.52. The van der Waals surface area contributed by atoms with Crippen molar-refractivity contribution in [2.75, 3.05) is 13.1 Å². The Morgan fingerprint density at radius 2 is 0.711 bits per heavy atom. The van der Waals surface area contributed by atoms with Gasteiger partial charge in [-0.15, -0.1) is 0 Å². The SMILES string of the molecule is O=C1N2CCCCCN3C(=O)C(c4ccccc4)(c4ccccc4)C23C1(c1ccccc1)c1ccccc1. The molecule has 0 radical (unpaired) electrons. The van der Waals surface area contributed by atoms with Crippen LogP contribution in [-0.4, -0.2) is 40.4 Å². The Bertz CT molecular complexity index is 1290. The molecule has 4 aromatic carbocycles. The van der Waals surface area contributed by atoms with Crippen LogP contribution >= 0.6 is 0 Å². The molecule has 7 rings (SSSR count). The molecule has 3 saturated heterocycles. The highest BCUT2D eigenvalue weighted by molar-refractivity contribution is 6.13. The van der Waals surface area contributed by atoms with Crippen molar-refractivity contribution in [1.82, 2.24) is 9.80 Å². The lowest BCUT2D eigenvalue weighted by molar-refractivity contribution is -0.258. The molecule has 1 spiro atoms. The first-order valence-corrected chi connectivity index (χ1v) is 13.6. The molecule has 3 aliphatic rings. The summed E-state index contributed by atoms with van der Waals surface area (Å²) in [7, 11) is 0. The van der Waals surface area contributed by atoms with E-state index in [1.807, 2.05) is 82.6 Å². The first-order chi connectivity index (χ1) is 18.7. The second kappa shape index (κ2) is 8.42. The topological polar surface area (TPSA) is 40.6 Å². The van der Waals surface area contributed by atoms with Gasteiger partial charge in [0.1, 0.15) is 10.8 Å². The Hall–Kier alpha value is -4.18. The molecule has 3 heterocycles. The summed E-state index contributed by atoms with van der Waals surface area (Å²) in [6, 6.07) is 40.6. The molecule has 0 aromatic heterocycles. The summed E-state index contributed by atoms with van der Waals surface area (Å²) < 4.78 is 0. The molecule has 0 atom stereocenters. The molecule has 2 amide bonds. The van der Waals surface area contributed by atoms with Crippen molar-refractivity contribution < 1.29 is 9.59 Å². The fourth-order valence-electron chi connectivity index (χ4n) is 7.76. The number of amides is 2. The minimum atomic E-state index is -1.05. The Labute approximate surface area is 223 Å². The Morgan fingerprint density at radius 1 is 0.421 bits per heavy atom. The zero-order valence-corrected chi connectivity index (χ0v) is 21.3. The molecule has 4 aromatic rings. The van der Waals surface area contributed by atoms with Crippen molar-refractivity contribution in [2.24, 2.45) is 0 Å². The van der Waals surface area contributed by atoms with Crippen molar-refractivity contribution in [1.29, 1.82) is 0 Å². The van der Waals surface area contributed by atoms with Crippen molar-refractivity contribution in [3.63, 3.8) is 0 Å². The first kappa shape index (κ1) is 23.0. The van der Waals surface area contributed by atoms with Gasteiger partial charge in [0.05, 0.1) is 0 Å². The molecule has 0 unspecified atom stereocenters. The maximum atomic E-state index is 14.8. The van der Waals surface area contributed by atoms with E-state index in [0.29, 0.717) is 13.1 Å². The van der Waals surface area contributed by atoms with Crippen molar-refractivity contribution in [3.8, 4) is 0 Å². The highest BCUT2D eigenvalue weighted by atomic mass is 16.2. The number of hydrogen-bond acceptors (Lipinski definition) is 2. The number of hydrogen-bond donors (Lipinski definition) is 0. The molecule has 0 aliphatic carbocycles. The Balaban J connectivity index is 1.66. The van der Waals surface area contributed by atoms with E-state index in [1.54, 1.807) is 0 Å².